The molecule has 2 heterocycles. The maximum Gasteiger partial charge on any atom is 0.331 e. The van der Waals surface area contributed by atoms with Crippen molar-refractivity contribution in [2.75, 3.05) is 0 Å². The molecule has 0 radical (unpaired) electrons. The molecule has 1 aromatic heterocycles. The molecule has 1 aliphatic heterocycles. The summed E-state index contributed by atoms with van der Waals surface area (Å²) in [6.07, 6.45) is 11.3. The summed E-state index contributed by atoms with van der Waals surface area (Å²) >= 11 is 0. The third-order valence-electron chi connectivity index (χ3n) is 4.50. The molecule has 0 aromatic carbocycles. The summed E-state index contributed by atoms with van der Waals surface area (Å²) in [4.78, 5) is 16.0. The van der Waals surface area contributed by atoms with Gasteiger partial charge < -0.3 is 14.0 Å². The Hall–Kier alpha value is -2.04. The molecule has 0 N–H and O–H groups in total. The van der Waals surface area contributed by atoms with E-state index in [2.05, 4.69) is 5.16 Å². The third-order valence-corrected chi connectivity index (χ3v) is 4.50. The Balaban J connectivity index is 1.61. The maximum absolute atomic E-state index is 11.1. The summed E-state index contributed by atoms with van der Waals surface area (Å²) in [6.45, 7) is 1.36. The van der Waals surface area contributed by atoms with Gasteiger partial charge in [-0.05, 0) is 37.0 Å². The summed E-state index contributed by atoms with van der Waals surface area (Å²) in [5.41, 5.74) is 0.810. The zero-order valence-corrected chi connectivity index (χ0v) is 13.5. The lowest BCUT2D eigenvalue weighted by atomic mass is 9.97. The predicted octanol–water partition coefficient (Wildman–Crippen LogP) is 4.30. The van der Waals surface area contributed by atoms with Crippen molar-refractivity contribution in [3.63, 3.8) is 0 Å². The van der Waals surface area contributed by atoms with Gasteiger partial charge in [-0.25, -0.2) is 4.79 Å². The number of hydrogen-bond donors (Lipinski definition) is 0. The molecular formula is C18H23NO4. The van der Waals surface area contributed by atoms with E-state index in [1.165, 1.54) is 32.6 Å². The van der Waals surface area contributed by atoms with Gasteiger partial charge in [0.25, 0.3) is 0 Å². The predicted molar refractivity (Wildman–Crippen MR) is 86.6 cm³/mol. The van der Waals surface area contributed by atoms with Crippen LogP contribution >= 0.6 is 0 Å². The Kier molecular flexibility index (Phi) is 5.16. The third kappa shape index (κ3) is 4.24. The van der Waals surface area contributed by atoms with Crippen LogP contribution in [-0.4, -0.2) is 17.8 Å². The number of oxime groups is 1. The second-order valence-corrected chi connectivity index (χ2v) is 6.24. The number of carbonyl (C=O) groups is 1. The molecule has 1 saturated carbocycles. The van der Waals surface area contributed by atoms with Crippen molar-refractivity contribution < 1.29 is 18.8 Å². The first kappa shape index (κ1) is 15.8. The molecule has 0 bridgehead atoms. The van der Waals surface area contributed by atoms with Crippen LogP contribution in [0.2, 0.25) is 0 Å². The van der Waals surface area contributed by atoms with Crippen molar-refractivity contribution in [1.82, 2.24) is 0 Å². The summed E-state index contributed by atoms with van der Waals surface area (Å²) in [7, 11) is 0. The monoisotopic (exact) mass is 317 g/mol. The topological polar surface area (TPSA) is 61.0 Å². The molecule has 1 unspecified atom stereocenters. The lowest BCUT2D eigenvalue weighted by molar-refractivity contribution is -0.141. The fraction of sp³-hybridized carbons (Fsp3) is 0.556. The van der Waals surface area contributed by atoms with E-state index in [9.17, 15) is 4.79 Å². The van der Waals surface area contributed by atoms with Crippen LogP contribution in [0.3, 0.4) is 0 Å². The first-order valence-corrected chi connectivity index (χ1v) is 8.37. The highest BCUT2D eigenvalue weighted by atomic mass is 16.7. The van der Waals surface area contributed by atoms with Crippen LogP contribution in [0.15, 0.2) is 34.0 Å². The van der Waals surface area contributed by atoms with Crippen LogP contribution in [0.25, 0.3) is 5.76 Å². The van der Waals surface area contributed by atoms with E-state index in [0.29, 0.717) is 0 Å². The minimum Gasteiger partial charge on any atom is -0.480 e. The van der Waals surface area contributed by atoms with Gasteiger partial charge in [-0.1, -0.05) is 30.8 Å². The van der Waals surface area contributed by atoms with E-state index < -0.39 is 5.97 Å². The van der Waals surface area contributed by atoms with Gasteiger partial charge in [0.05, 0.1) is 12.0 Å². The number of hydrogen-bond acceptors (Lipinski definition) is 5. The minimum atomic E-state index is -0.402. The molecule has 0 spiro atoms. The summed E-state index contributed by atoms with van der Waals surface area (Å²) in [5.74, 6) is 1.81. The lowest BCUT2D eigenvalue weighted by Crippen LogP contribution is -2.21. The minimum absolute atomic E-state index is 0.171. The fourth-order valence-corrected chi connectivity index (χ4v) is 3.28. The van der Waals surface area contributed by atoms with Gasteiger partial charge in [0.2, 0.25) is 0 Å². The highest BCUT2D eigenvalue weighted by Crippen LogP contribution is 2.31. The molecule has 5 nitrogen and oxygen atoms in total. The van der Waals surface area contributed by atoms with Gasteiger partial charge in [0.1, 0.15) is 6.10 Å². The first-order chi connectivity index (χ1) is 11.2. The highest BCUT2D eigenvalue weighted by Gasteiger charge is 2.27. The van der Waals surface area contributed by atoms with Crippen molar-refractivity contribution in [3.05, 3.63) is 30.2 Å². The van der Waals surface area contributed by atoms with Crippen LogP contribution in [0.5, 0.6) is 0 Å². The van der Waals surface area contributed by atoms with Gasteiger partial charge in [-0.15, -0.1) is 0 Å². The van der Waals surface area contributed by atoms with Gasteiger partial charge in [0, 0.05) is 13.3 Å². The Labute approximate surface area is 136 Å². The Bertz CT molecular complexity index is 582. The Morgan fingerprint density at radius 3 is 2.91 bits per heavy atom. The smallest absolute Gasteiger partial charge is 0.331 e. The van der Waals surface area contributed by atoms with E-state index in [-0.39, 0.29) is 6.10 Å². The standard InChI is InChI=1S/C18H23NO4/c1-13(20)23-19-15(9-8-14-5-2-3-6-14)16-10-11-18(22-16)17-7-4-12-21-17/h4,7,11-12,14,16H,2-3,5-6,8-10H2,1H3/b19-15+. The molecule has 0 amide bonds. The summed E-state index contributed by atoms with van der Waals surface area (Å²) in [5, 5.41) is 4.06. The second kappa shape index (κ2) is 7.49. The van der Waals surface area contributed by atoms with Crippen molar-refractivity contribution in [2.24, 2.45) is 11.1 Å². The summed E-state index contributed by atoms with van der Waals surface area (Å²) in [6, 6.07) is 3.70. The Morgan fingerprint density at radius 2 is 2.22 bits per heavy atom. The second-order valence-electron chi connectivity index (χ2n) is 6.24. The molecule has 5 heteroatoms. The number of furan rings is 1. The number of carbonyl (C=O) groups excluding carboxylic acids is 1. The zero-order valence-electron chi connectivity index (χ0n) is 13.5. The van der Waals surface area contributed by atoms with E-state index in [1.807, 2.05) is 18.2 Å². The molecule has 2 aliphatic rings. The zero-order chi connectivity index (χ0) is 16.1. The van der Waals surface area contributed by atoms with Crippen LogP contribution in [0, 0.1) is 5.92 Å². The summed E-state index contributed by atoms with van der Waals surface area (Å²) < 4.78 is 11.3. The van der Waals surface area contributed by atoms with Crippen molar-refractivity contribution in [3.8, 4) is 0 Å². The number of nitrogens with zero attached hydrogens (tertiary/aromatic N) is 1. The van der Waals surface area contributed by atoms with Gasteiger partial charge in [0.15, 0.2) is 11.5 Å². The lowest BCUT2D eigenvalue weighted by Gasteiger charge is -2.16. The molecule has 1 fully saturated rings. The van der Waals surface area contributed by atoms with E-state index in [0.717, 1.165) is 42.4 Å². The van der Waals surface area contributed by atoms with Crippen LogP contribution in [0.1, 0.15) is 57.6 Å². The SMILES string of the molecule is CC(=O)O/N=C(\CCC1CCCC1)C1CC=C(c2ccco2)O1. The van der Waals surface area contributed by atoms with Crippen LogP contribution in [-0.2, 0) is 14.4 Å². The molecule has 0 saturated heterocycles. The quantitative estimate of drug-likeness (QED) is 0.446. The van der Waals surface area contributed by atoms with Crippen LogP contribution in [0.4, 0.5) is 0 Å². The average Bonchev–Trinajstić information content (AvgIpc) is 3.28. The van der Waals surface area contributed by atoms with Gasteiger partial charge >= 0.3 is 5.97 Å². The molecule has 1 atom stereocenters. The van der Waals surface area contributed by atoms with Crippen molar-refractivity contribution >= 4 is 17.4 Å². The molecule has 23 heavy (non-hydrogen) atoms. The molecule has 124 valence electrons. The molecular weight excluding hydrogens is 294 g/mol. The highest BCUT2D eigenvalue weighted by molar-refractivity contribution is 5.90. The van der Waals surface area contributed by atoms with Gasteiger partial charge in [-0.2, -0.15) is 0 Å². The number of ether oxygens (including phenoxy) is 1. The largest absolute Gasteiger partial charge is 0.480 e. The van der Waals surface area contributed by atoms with Gasteiger partial charge in [-0.3, -0.25) is 0 Å². The number of rotatable bonds is 6. The molecule has 1 aliphatic carbocycles. The molecule has 1 aromatic rings. The normalized spacial score (nSPS) is 22.0. The average molecular weight is 317 g/mol. The van der Waals surface area contributed by atoms with Crippen molar-refractivity contribution in [2.45, 2.75) is 58.0 Å². The maximum atomic E-state index is 11.1. The van der Waals surface area contributed by atoms with E-state index in [1.54, 1.807) is 6.26 Å². The van der Waals surface area contributed by atoms with E-state index in [4.69, 9.17) is 14.0 Å². The first-order valence-electron chi connectivity index (χ1n) is 8.37. The molecule has 3 rings (SSSR count). The Morgan fingerprint density at radius 1 is 1.39 bits per heavy atom. The van der Waals surface area contributed by atoms with E-state index >= 15 is 0 Å². The van der Waals surface area contributed by atoms with Crippen molar-refractivity contribution in [1.29, 1.82) is 0 Å². The van der Waals surface area contributed by atoms with Crippen LogP contribution < -0.4 is 0 Å². The fourth-order valence-electron chi connectivity index (χ4n) is 3.28.